The molecule has 1 saturated heterocycles. The summed E-state index contributed by atoms with van der Waals surface area (Å²) in [6.07, 6.45) is 4.60. The second-order valence-corrected chi connectivity index (χ2v) is 7.06. The van der Waals surface area contributed by atoms with Gasteiger partial charge in [0, 0.05) is 46.0 Å². The molecular formula is C19H28N4O2. The first kappa shape index (κ1) is 17.7. The van der Waals surface area contributed by atoms with Crippen molar-refractivity contribution < 1.29 is 9.59 Å². The average Bonchev–Trinajstić information content (AvgIpc) is 3.46. The third-order valence-corrected chi connectivity index (χ3v) is 5.21. The number of piperazine rings is 1. The van der Waals surface area contributed by atoms with Crippen LogP contribution in [0.4, 0.5) is 5.82 Å². The van der Waals surface area contributed by atoms with Gasteiger partial charge in [-0.3, -0.25) is 9.59 Å². The van der Waals surface area contributed by atoms with Crippen molar-refractivity contribution in [3.63, 3.8) is 0 Å². The topological polar surface area (TPSA) is 56.8 Å². The molecule has 0 bridgehead atoms. The van der Waals surface area contributed by atoms with E-state index in [1.54, 1.807) is 11.1 Å². The van der Waals surface area contributed by atoms with Crippen LogP contribution in [0.1, 0.15) is 26.2 Å². The van der Waals surface area contributed by atoms with E-state index < -0.39 is 0 Å². The molecule has 0 spiro atoms. The number of aromatic nitrogens is 1. The molecule has 1 aliphatic heterocycles. The van der Waals surface area contributed by atoms with Crippen molar-refractivity contribution in [3.8, 4) is 0 Å². The zero-order valence-electron chi connectivity index (χ0n) is 15.2. The van der Waals surface area contributed by atoms with Crippen LogP contribution in [0.5, 0.6) is 0 Å². The van der Waals surface area contributed by atoms with Crippen molar-refractivity contribution in [2.75, 3.05) is 44.7 Å². The van der Waals surface area contributed by atoms with E-state index in [0.717, 1.165) is 38.3 Å². The first-order valence-electron chi connectivity index (χ1n) is 9.31. The molecule has 2 amide bonds. The van der Waals surface area contributed by atoms with Gasteiger partial charge in [0.25, 0.3) is 0 Å². The van der Waals surface area contributed by atoms with Crippen LogP contribution in [0, 0.1) is 11.8 Å². The summed E-state index contributed by atoms with van der Waals surface area (Å²) >= 11 is 0. The highest BCUT2D eigenvalue weighted by molar-refractivity contribution is 5.92. The van der Waals surface area contributed by atoms with Gasteiger partial charge in [0.05, 0.1) is 11.8 Å². The van der Waals surface area contributed by atoms with E-state index in [2.05, 4.69) is 16.8 Å². The molecule has 2 fully saturated rings. The van der Waals surface area contributed by atoms with Gasteiger partial charge < -0.3 is 14.7 Å². The molecule has 6 nitrogen and oxygen atoms in total. The fraction of sp³-hybridized carbons (Fsp3) is 0.632. The Morgan fingerprint density at radius 3 is 2.60 bits per heavy atom. The summed E-state index contributed by atoms with van der Waals surface area (Å²) in [5.74, 6) is 1.06. The first-order valence-corrected chi connectivity index (χ1v) is 9.31. The molecule has 1 saturated carbocycles. The smallest absolute Gasteiger partial charge is 0.226 e. The largest absolute Gasteiger partial charge is 0.353 e. The van der Waals surface area contributed by atoms with Crippen LogP contribution >= 0.6 is 0 Å². The molecule has 0 radical (unpaired) electrons. The molecule has 2 aliphatic rings. The summed E-state index contributed by atoms with van der Waals surface area (Å²) < 4.78 is 0. The molecule has 2 heterocycles. The molecule has 1 aliphatic carbocycles. The molecule has 3 rings (SSSR count). The normalized spacial score (nSPS) is 22.6. The predicted molar refractivity (Wildman–Crippen MR) is 97.2 cm³/mol. The fourth-order valence-electron chi connectivity index (χ4n) is 3.46. The molecule has 136 valence electrons. The van der Waals surface area contributed by atoms with E-state index in [-0.39, 0.29) is 23.7 Å². The third-order valence-electron chi connectivity index (χ3n) is 5.21. The lowest BCUT2D eigenvalue weighted by Gasteiger charge is -2.35. The van der Waals surface area contributed by atoms with Crippen molar-refractivity contribution >= 4 is 17.6 Å². The third kappa shape index (κ3) is 4.11. The number of amides is 2. The van der Waals surface area contributed by atoms with Gasteiger partial charge in [0.15, 0.2) is 0 Å². The van der Waals surface area contributed by atoms with Crippen molar-refractivity contribution in [3.05, 3.63) is 24.4 Å². The van der Waals surface area contributed by atoms with Gasteiger partial charge in [-0.05, 0) is 25.0 Å². The van der Waals surface area contributed by atoms with Crippen molar-refractivity contribution in [1.29, 1.82) is 0 Å². The second kappa shape index (κ2) is 7.85. The molecule has 0 N–H and O–H groups in total. The average molecular weight is 344 g/mol. The van der Waals surface area contributed by atoms with E-state index in [9.17, 15) is 9.59 Å². The second-order valence-electron chi connectivity index (χ2n) is 7.06. The molecule has 25 heavy (non-hydrogen) atoms. The summed E-state index contributed by atoms with van der Waals surface area (Å²) in [5, 5.41) is 0. The summed E-state index contributed by atoms with van der Waals surface area (Å²) in [7, 11) is 1.85. The van der Waals surface area contributed by atoms with Crippen LogP contribution in [-0.4, -0.2) is 66.4 Å². The zero-order chi connectivity index (χ0) is 17.8. The SMILES string of the molecule is CCCCN(C)C(=O)C1CC1C(=O)N1CCN(c2ccccn2)CC1. The number of pyridine rings is 1. The van der Waals surface area contributed by atoms with Crippen molar-refractivity contribution in [2.45, 2.75) is 26.2 Å². The molecule has 6 heteroatoms. The Kier molecular flexibility index (Phi) is 5.56. The standard InChI is InChI=1S/C19H28N4O2/c1-3-4-9-21(2)18(24)15-14-16(15)19(25)23-12-10-22(11-13-23)17-7-5-6-8-20-17/h5-8,15-16H,3-4,9-14H2,1-2H3. The van der Waals surface area contributed by atoms with Crippen LogP contribution in [-0.2, 0) is 9.59 Å². The minimum Gasteiger partial charge on any atom is -0.353 e. The fourth-order valence-corrected chi connectivity index (χ4v) is 3.46. The molecule has 0 aromatic carbocycles. The highest BCUT2D eigenvalue weighted by atomic mass is 16.2. The van der Waals surface area contributed by atoms with Gasteiger partial charge >= 0.3 is 0 Å². The maximum absolute atomic E-state index is 12.7. The number of hydrogen-bond acceptors (Lipinski definition) is 4. The summed E-state index contributed by atoms with van der Waals surface area (Å²) in [4.78, 5) is 35.4. The maximum atomic E-state index is 12.7. The van der Waals surface area contributed by atoms with Crippen molar-refractivity contribution in [1.82, 2.24) is 14.8 Å². The van der Waals surface area contributed by atoms with Gasteiger partial charge in [-0.15, -0.1) is 0 Å². The molecular weight excluding hydrogens is 316 g/mol. The van der Waals surface area contributed by atoms with E-state index >= 15 is 0 Å². The van der Waals surface area contributed by atoms with Crippen LogP contribution in [0.3, 0.4) is 0 Å². The van der Waals surface area contributed by atoms with Crippen molar-refractivity contribution in [2.24, 2.45) is 11.8 Å². The van der Waals surface area contributed by atoms with Gasteiger partial charge in [-0.1, -0.05) is 19.4 Å². The Balaban J connectivity index is 1.47. The molecule has 1 aromatic rings. The lowest BCUT2D eigenvalue weighted by atomic mass is 10.2. The van der Waals surface area contributed by atoms with E-state index in [1.165, 1.54) is 0 Å². The van der Waals surface area contributed by atoms with Crippen LogP contribution in [0.15, 0.2) is 24.4 Å². The lowest BCUT2D eigenvalue weighted by Crippen LogP contribution is -2.49. The number of carbonyl (C=O) groups excluding carboxylic acids is 2. The van der Waals surface area contributed by atoms with Gasteiger partial charge in [0.2, 0.25) is 11.8 Å². The quantitative estimate of drug-likeness (QED) is 0.787. The Bertz CT molecular complexity index is 599. The van der Waals surface area contributed by atoms with Gasteiger partial charge in [-0.2, -0.15) is 0 Å². The van der Waals surface area contributed by atoms with Gasteiger partial charge in [0.1, 0.15) is 5.82 Å². The zero-order valence-corrected chi connectivity index (χ0v) is 15.2. The number of unbranched alkanes of at least 4 members (excludes halogenated alkanes) is 1. The summed E-state index contributed by atoms with van der Waals surface area (Å²) in [6, 6.07) is 5.89. The molecule has 2 unspecified atom stereocenters. The number of anilines is 1. The Labute approximate surface area is 149 Å². The van der Waals surface area contributed by atoms with Crippen LogP contribution < -0.4 is 4.90 Å². The highest BCUT2D eigenvalue weighted by Gasteiger charge is 2.50. The number of rotatable bonds is 6. The van der Waals surface area contributed by atoms with E-state index in [4.69, 9.17) is 0 Å². The summed E-state index contributed by atoms with van der Waals surface area (Å²) in [6.45, 7) is 5.91. The Morgan fingerprint density at radius 1 is 1.20 bits per heavy atom. The Hall–Kier alpha value is -2.11. The lowest BCUT2D eigenvalue weighted by molar-refractivity contribution is -0.137. The monoisotopic (exact) mass is 344 g/mol. The molecule has 2 atom stereocenters. The maximum Gasteiger partial charge on any atom is 0.226 e. The molecule has 1 aromatic heterocycles. The highest BCUT2D eigenvalue weighted by Crippen LogP contribution is 2.41. The Morgan fingerprint density at radius 2 is 1.96 bits per heavy atom. The van der Waals surface area contributed by atoms with E-state index in [1.807, 2.05) is 30.1 Å². The minimum atomic E-state index is -0.0991. The predicted octanol–water partition coefficient (Wildman–Crippen LogP) is 1.62. The number of nitrogens with zero attached hydrogens (tertiary/aromatic N) is 4. The number of hydrogen-bond donors (Lipinski definition) is 0. The minimum absolute atomic E-state index is 0.0943. The first-order chi connectivity index (χ1) is 12.1. The van der Waals surface area contributed by atoms with Gasteiger partial charge in [-0.25, -0.2) is 4.98 Å². The van der Waals surface area contributed by atoms with Crippen LogP contribution in [0.25, 0.3) is 0 Å². The van der Waals surface area contributed by atoms with E-state index in [0.29, 0.717) is 19.5 Å². The van der Waals surface area contributed by atoms with Crippen LogP contribution in [0.2, 0.25) is 0 Å². The number of carbonyl (C=O) groups is 2. The summed E-state index contributed by atoms with van der Waals surface area (Å²) in [5.41, 5.74) is 0.